The van der Waals surface area contributed by atoms with Crippen LogP contribution in [0.1, 0.15) is 32.3 Å². The quantitative estimate of drug-likeness (QED) is 0.846. The molecule has 0 saturated carbocycles. The molecule has 5 nitrogen and oxygen atoms in total. The Hall–Kier alpha value is -1.59. The van der Waals surface area contributed by atoms with Crippen LogP contribution < -0.4 is 11.1 Å². The van der Waals surface area contributed by atoms with E-state index in [4.69, 9.17) is 5.73 Å². The van der Waals surface area contributed by atoms with Crippen molar-refractivity contribution in [3.63, 3.8) is 0 Å². The molecule has 6 heteroatoms. The number of nitrogens with one attached hydrogen (secondary N) is 1. The van der Waals surface area contributed by atoms with Gasteiger partial charge in [-0.1, -0.05) is 44.2 Å². The van der Waals surface area contributed by atoms with Crippen molar-refractivity contribution in [2.24, 2.45) is 11.7 Å². The predicted octanol–water partition coefficient (Wildman–Crippen LogP) is 1.74. The van der Waals surface area contributed by atoms with Crippen LogP contribution in [0.5, 0.6) is 0 Å². The number of carbonyl (C=O) groups excluding carboxylic acids is 2. The van der Waals surface area contributed by atoms with E-state index in [1.54, 1.807) is 0 Å². The van der Waals surface area contributed by atoms with Crippen molar-refractivity contribution in [3.8, 4) is 0 Å². The molecule has 1 fully saturated rings. The van der Waals surface area contributed by atoms with E-state index in [1.165, 1.54) is 0 Å². The number of hydrogen-bond acceptors (Lipinski definition) is 3. The summed E-state index contributed by atoms with van der Waals surface area (Å²) in [6.07, 6.45) is 1.95. The van der Waals surface area contributed by atoms with Crippen molar-refractivity contribution in [1.82, 2.24) is 10.2 Å². The maximum Gasteiger partial charge on any atom is 0.245 e. The molecule has 0 bridgehead atoms. The highest BCUT2D eigenvalue weighted by Crippen LogP contribution is 2.13. The fourth-order valence-corrected chi connectivity index (χ4v) is 2.84. The summed E-state index contributed by atoms with van der Waals surface area (Å²) >= 11 is 0. The van der Waals surface area contributed by atoms with Gasteiger partial charge in [0.05, 0.1) is 6.42 Å². The first-order chi connectivity index (χ1) is 11.0. The van der Waals surface area contributed by atoms with Crippen molar-refractivity contribution in [3.05, 3.63) is 35.9 Å². The summed E-state index contributed by atoms with van der Waals surface area (Å²) in [5, 5.41) is 2.91. The SMILES string of the molecule is CC(C)C(NC(=O)Cc1ccccc1)C(=O)N1CCC(N)CC1.Cl. The molecule has 3 N–H and O–H groups in total. The molecule has 1 unspecified atom stereocenters. The monoisotopic (exact) mass is 353 g/mol. The van der Waals surface area contributed by atoms with Crippen molar-refractivity contribution >= 4 is 24.2 Å². The Kier molecular flexibility index (Phi) is 8.22. The first kappa shape index (κ1) is 20.5. The van der Waals surface area contributed by atoms with Gasteiger partial charge in [-0.25, -0.2) is 0 Å². The summed E-state index contributed by atoms with van der Waals surface area (Å²) in [6, 6.07) is 9.28. The summed E-state index contributed by atoms with van der Waals surface area (Å²) < 4.78 is 0. The topological polar surface area (TPSA) is 75.4 Å². The Balaban J connectivity index is 0.00000288. The van der Waals surface area contributed by atoms with Gasteiger partial charge in [0.15, 0.2) is 0 Å². The zero-order valence-corrected chi connectivity index (χ0v) is 15.2. The standard InChI is InChI=1S/C18H27N3O2.ClH/c1-13(2)17(18(23)21-10-8-15(19)9-11-21)20-16(22)12-14-6-4-3-5-7-14;/h3-7,13,15,17H,8-12,19H2,1-2H3,(H,20,22);1H. The van der Waals surface area contributed by atoms with Gasteiger partial charge in [0.25, 0.3) is 0 Å². The molecule has 2 rings (SSSR count). The lowest BCUT2D eigenvalue weighted by molar-refractivity contribution is -0.138. The number of rotatable bonds is 5. The second-order valence-corrected chi connectivity index (χ2v) is 6.61. The number of likely N-dealkylation sites (tertiary alicyclic amines) is 1. The zero-order chi connectivity index (χ0) is 16.8. The van der Waals surface area contributed by atoms with Crippen LogP contribution in [-0.2, 0) is 16.0 Å². The molecule has 1 aliphatic rings. The molecule has 1 atom stereocenters. The van der Waals surface area contributed by atoms with Crippen LogP contribution in [0.15, 0.2) is 30.3 Å². The highest BCUT2D eigenvalue weighted by atomic mass is 35.5. The third kappa shape index (κ3) is 5.80. The van der Waals surface area contributed by atoms with Crippen molar-refractivity contribution < 1.29 is 9.59 Å². The van der Waals surface area contributed by atoms with Gasteiger partial charge in [-0.15, -0.1) is 12.4 Å². The molecule has 24 heavy (non-hydrogen) atoms. The molecule has 1 aliphatic heterocycles. The van der Waals surface area contributed by atoms with E-state index in [0.717, 1.165) is 18.4 Å². The lowest BCUT2D eigenvalue weighted by Gasteiger charge is -2.34. The molecule has 1 heterocycles. The van der Waals surface area contributed by atoms with Gasteiger partial charge in [0, 0.05) is 19.1 Å². The molecule has 1 aromatic rings. The van der Waals surface area contributed by atoms with Gasteiger partial charge >= 0.3 is 0 Å². The number of piperidine rings is 1. The van der Waals surface area contributed by atoms with Crippen LogP contribution in [0.4, 0.5) is 0 Å². The average Bonchev–Trinajstić information content (AvgIpc) is 2.53. The lowest BCUT2D eigenvalue weighted by atomic mass is 9.99. The Morgan fingerprint density at radius 1 is 1.21 bits per heavy atom. The highest BCUT2D eigenvalue weighted by molar-refractivity contribution is 5.88. The normalized spacial score (nSPS) is 16.4. The van der Waals surface area contributed by atoms with Gasteiger partial charge < -0.3 is 16.0 Å². The molecule has 0 radical (unpaired) electrons. The van der Waals surface area contributed by atoms with E-state index in [-0.39, 0.29) is 36.2 Å². The maximum atomic E-state index is 12.7. The van der Waals surface area contributed by atoms with Crippen molar-refractivity contribution in [2.45, 2.75) is 45.2 Å². The summed E-state index contributed by atoms with van der Waals surface area (Å²) in [7, 11) is 0. The fraction of sp³-hybridized carbons (Fsp3) is 0.556. The minimum absolute atomic E-state index is 0. The van der Waals surface area contributed by atoms with E-state index in [9.17, 15) is 9.59 Å². The smallest absolute Gasteiger partial charge is 0.245 e. The Labute approximate surface area is 150 Å². The molecule has 0 aromatic heterocycles. The number of benzene rings is 1. The van der Waals surface area contributed by atoms with Crippen LogP contribution in [0.25, 0.3) is 0 Å². The number of carbonyl (C=O) groups is 2. The molecule has 0 spiro atoms. The van der Waals surface area contributed by atoms with Gasteiger partial charge in [-0.3, -0.25) is 9.59 Å². The average molecular weight is 354 g/mol. The van der Waals surface area contributed by atoms with Crippen molar-refractivity contribution in [1.29, 1.82) is 0 Å². The van der Waals surface area contributed by atoms with E-state index < -0.39 is 6.04 Å². The number of nitrogens with two attached hydrogens (primary N) is 1. The van der Waals surface area contributed by atoms with Crippen LogP contribution >= 0.6 is 12.4 Å². The van der Waals surface area contributed by atoms with E-state index in [2.05, 4.69) is 5.32 Å². The number of amides is 2. The van der Waals surface area contributed by atoms with Gasteiger partial charge in [-0.05, 0) is 24.3 Å². The number of halogens is 1. The molecular weight excluding hydrogens is 326 g/mol. The van der Waals surface area contributed by atoms with Crippen molar-refractivity contribution in [2.75, 3.05) is 13.1 Å². The lowest BCUT2D eigenvalue weighted by Crippen LogP contribution is -2.54. The van der Waals surface area contributed by atoms with Gasteiger partial charge in [-0.2, -0.15) is 0 Å². The number of hydrogen-bond donors (Lipinski definition) is 2. The van der Waals surface area contributed by atoms with Crippen LogP contribution in [-0.4, -0.2) is 41.9 Å². The highest BCUT2D eigenvalue weighted by Gasteiger charge is 2.30. The minimum Gasteiger partial charge on any atom is -0.344 e. The molecular formula is C18H28ClN3O2. The summed E-state index contributed by atoms with van der Waals surface area (Å²) in [4.78, 5) is 26.8. The van der Waals surface area contributed by atoms with Crippen LogP contribution in [0.3, 0.4) is 0 Å². The molecule has 1 saturated heterocycles. The first-order valence-corrected chi connectivity index (χ1v) is 8.35. The second-order valence-electron chi connectivity index (χ2n) is 6.61. The third-order valence-electron chi connectivity index (χ3n) is 4.31. The summed E-state index contributed by atoms with van der Waals surface area (Å²) in [5.74, 6) is -0.0527. The van der Waals surface area contributed by atoms with Gasteiger partial charge in [0.1, 0.15) is 6.04 Å². The Bertz CT molecular complexity index is 528. The van der Waals surface area contributed by atoms with E-state index in [0.29, 0.717) is 19.5 Å². The molecule has 134 valence electrons. The maximum absolute atomic E-state index is 12.7. The molecule has 0 aliphatic carbocycles. The fourth-order valence-electron chi connectivity index (χ4n) is 2.84. The van der Waals surface area contributed by atoms with Gasteiger partial charge in [0.2, 0.25) is 11.8 Å². The number of nitrogens with zero attached hydrogens (tertiary/aromatic N) is 1. The molecule has 2 amide bonds. The van der Waals surface area contributed by atoms with E-state index in [1.807, 2.05) is 49.1 Å². The first-order valence-electron chi connectivity index (χ1n) is 8.35. The minimum atomic E-state index is -0.472. The van der Waals surface area contributed by atoms with Crippen LogP contribution in [0, 0.1) is 5.92 Å². The van der Waals surface area contributed by atoms with E-state index >= 15 is 0 Å². The zero-order valence-electron chi connectivity index (χ0n) is 14.4. The predicted molar refractivity (Wildman–Crippen MR) is 98.0 cm³/mol. The summed E-state index contributed by atoms with van der Waals surface area (Å²) in [5.41, 5.74) is 6.84. The molecule has 1 aromatic carbocycles. The Morgan fingerprint density at radius 2 is 1.79 bits per heavy atom. The third-order valence-corrected chi connectivity index (χ3v) is 4.31. The Morgan fingerprint density at radius 3 is 2.33 bits per heavy atom. The largest absolute Gasteiger partial charge is 0.344 e. The summed E-state index contributed by atoms with van der Waals surface area (Å²) in [6.45, 7) is 5.28. The van der Waals surface area contributed by atoms with Crippen LogP contribution in [0.2, 0.25) is 0 Å². The second kappa shape index (κ2) is 9.64.